The minimum atomic E-state index is -2.99. The van der Waals surface area contributed by atoms with Gasteiger partial charge in [-0.15, -0.1) is 0 Å². The molecule has 27 heavy (non-hydrogen) atoms. The molecular formula is C19H21F3N2O3. The third kappa shape index (κ3) is 5.62. The maximum Gasteiger partial charge on any atom is 0.387 e. The summed E-state index contributed by atoms with van der Waals surface area (Å²) < 4.78 is 47.6. The number of halogens is 3. The van der Waals surface area contributed by atoms with Crippen molar-refractivity contribution in [2.24, 2.45) is 0 Å². The van der Waals surface area contributed by atoms with Gasteiger partial charge in [0.05, 0.1) is 13.2 Å². The minimum Gasteiger partial charge on any atom is -0.493 e. The minimum absolute atomic E-state index is 0.0252. The van der Waals surface area contributed by atoms with Gasteiger partial charge in [-0.25, -0.2) is 4.39 Å². The standard InChI is InChI=1S/C19H21F3N2O3/c1-24(2)15(12-5-4-6-14(20)9-12)11-23-18(25)13-7-8-16(27-19(21)22)17(10-13)26-3/h4-10,15,19H,11H2,1-3H3,(H,23,25). The van der Waals surface area contributed by atoms with Crippen molar-refractivity contribution in [2.75, 3.05) is 27.7 Å². The first-order valence-electron chi connectivity index (χ1n) is 8.14. The first-order valence-corrected chi connectivity index (χ1v) is 8.14. The number of alkyl halides is 2. The van der Waals surface area contributed by atoms with E-state index < -0.39 is 12.5 Å². The van der Waals surface area contributed by atoms with Gasteiger partial charge >= 0.3 is 6.61 Å². The van der Waals surface area contributed by atoms with Crippen LogP contribution in [0.15, 0.2) is 42.5 Å². The van der Waals surface area contributed by atoms with Crippen LogP contribution in [0, 0.1) is 5.82 Å². The van der Waals surface area contributed by atoms with Gasteiger partial charge in [0.2, 0.25) is 0 Å². The molecule has 146 valence electrons. The zero-order valence-corrected chi connectivity index (χ0v) is 15.2. The van der Waals surface area contributed by atoms with Crippen LogP contribution in [-0.4, -0.2) is 45.2 Å². The van der Waals surface area contributed by atoms with Crippen molar-refractivity contribution in [3.05, 3.63) is 59.4 Å². The number of hydrogen-bond donors (Lipinski definition) is 1. The number of amides is 1. The second-order valence-electron chi connectivity index (χ2n) is 5.99. The molecule has 0 bridgehead atoms. The van der Waals surface area contributed by atoms with E-state index in [1.807, 2.05) is 19.0 Å². The van der Waals surface area contributed by atoms with Gasteiger partial charge in [-0.1, -0.05) is 12.1 Å². The Morgan fingerprint density at radius 1 is 1.15 bits per heavy atom. The SMILES string of the molecule is COc1cc(C(=O)NCC(c2cccc(F)c2)N(C)C)ccc1OC(F)F. The first kappa shape index (κ1) is 20.6. The molecule has 0 radical (unpaired) electrons. The predicted molar refractivity (Wildman–Crippen MR) is 94.8 cm³/mol. The highest BCUT2D eigenvalue weighted by Gasteiger charge is 2.18. The number of ether oxygens (including phenoxy) is 2. The quantitative estimate of drug-likeness (QED) is 0.760. The molecule has 2 rings (SSSR count). The number of rotatable bonds is 8. The molecule has 0 aromatic heterocycles. The van der Waals surface area contributed by atoms with Crippen molar-refractivity contribution in [2.45, 2.75) is 12.7 Å². The Hall–Kier alpha value is -2.74. The van der Waals surface area contributed by atoms with Crippen molar-refractivity contribution >= 4 is 5.91 Å². The van der Waals surface area contributed by atoms with E-state index >= 15 is 0 Å². The Labute approximate surface area is 155 Å². The van der Waals surface area contributed by atoms with Crippen molar-refractivity contribution in [1.82, 2.24) is 10.2 Å². The second kappa shape index (κ2) is 9.27. The van der Waals surface area contributed by atoms with E-state index in [0.29, 0.717) is 0 Å². The zero-order valence-electron chi connectivity index (χ0n) is 15.2. The lowest BCUT2D eigenvalue weighted by Crippen LogP contribution is -2.34. The molecule has 1 N–H and O–H groups in total. The van der Waals surface area contributed by atoms with Crippen molar-refractivity contribution in [3.63, 3.8) is 0 Å². The molecule has 0 saturated carbocycles. The number of nitrogens with zero attached hydrogens (tertiary/aromatic N) is 1. The van der Waals surface area contributed by atoms with Crippen LogP contribution < -0.4 is 14.8 Å². The van der Waals surface area contributed by atoms with Gasteiger partial charge in [0.1, 0.15) is 5.82 Å². The van der Waals surface area contributed by atoms with Crippen LogP contribution in [0.2, 0.25) is 0 Å². The van der Waals surface area contributed by atoms with Crippen LogP contribution in [0.4, 0.5) is 13.2 Å². The molecule has 0 heterocycles. The Bertz CT molecular complexity index is 785. The van der Waals surface area contributed by atoms with E-state index in [4.69, 9.17) is 4.74 Å². The molecule has 2 aromatic rings. The summed E-state index contributed by atoms with van der Waals surface area (Å²) in [6, 6.07) is 9.83. The average molecular weight is 382 g/mol. The summed E-state index contributed by atoms with van der Waals surface area (Å²) in [7, 11) is 4.93. The van der Waals surface area contributed by atoms with Crippen LogP contribution in [-0.2, 0) is 0 Å². The average Bonchev–Trinajstić information content (AvgIpc) is 2.61. The molecule has 8 heteroatoms. The first-order chi connectivity index (χ1) is 12.8. The number of carbonyl (C=O) groups is 1. The van der Waals surface area contributed by atoms with E-state index in [9.17, 15) is 18.0 Å². The molecule has 0 saturated heterocycles. The van der Waals surface area contributed by atoms with Gasteiger partial charge in [-0.05, 0) is 50.0 Å². The van der Waals surface area contributed by atoms with Gasteiger partial charge < -0.3 is 19.7 Å². The monoisotopic (exact) mass is 382 g/mol. The molecular weight excluding hydrogens is 361 g/mol. The van der Waals surface area contributed by atoms with Gasteiger partial charge in [0.15, 0.2) is 11.5 Å². The van der Waals surface area contributed by atoms with Crippen LogP contribution in [0.1, 0.15) is 22.0 Å². The molecule has 0 aliphatic carbocycles. The zero-order chi connectivity index (χ0) is 20.0. The van der Waals surface area contributed by atoms with E-state index in [1.54, 1.807) is 12.1 Å². The van der Waals surface area contributed by atoms with Crippen LogP contribution in [0.5, 0.6) is 11.5 Å². The summed E-state index contributed by atoms with van der Waals surface area (Å²) >= 11 is 0. The summed E-state index contributed by atoms with van der Waals surface area (Å²) in [6.07, 6.45) is 0. The third-order valence-electron chi connectivity index (χ3n) is 3.95. The molecule has 5 nitrogen and oxygen atoms in total. The smallest absolute Gasteiger partial charge is 0.387 e. The number of carbonyl (C=O) groups excluding carboxylic acids is 1. The van der Waals surface area contributed by atoms with Crippen LogP contribution >= 0.6 is 0 Å². The molecule has 1 amide bonds. The predicted octanol–water partition coefficient (Wildman–Crippen LogP) is 3.47. The lowest BCUT2D eigenvalue weighted by Gasteiger charge is -2.25. The Balaban J connectivity index is 2.11. The number of likely N-dealkylation sites (N-methyl/N-ethyl adjacent to an activating group) is 1. The lowest BCUT2D eigenvalue weighted by molar-refractivity contribution is -0.0512. The molecule has 0 aliphatic heterocycles. The van der Waals surface area contributed by atoms with E-state index in [2.05, 4.69) is 10.1 Å². The number of benzene rings is 2. The van der Waals surface area contributed by atoms with E-state index in [1.165, 1.54) is 37.4 Å². The highest BCUT2D eigenvalue weighted by Crippen LogP contribution is 2.29. The lowest BCUT2D eigenvalue weighted by atomic mass is 10.1. The molecule has 0 aliphatic rings. The van der Waals surface area contributed by atoms with Crippen molar-refractivity contribution in [3.8, 4) is 11.5 Å². The Morgan fingerprint density at radius 3 is 2.48 bits per heavy atom. The maximum atomic E-state index is 13.5. The molecule has 0 fully saturated rings. The Kier molecular flexibility index (Phi) is 7.06. The summed E-state index contributed by atoms with van der Waals surface area (Å²) in [5.41, 5.74) is 0.948. The highest BCUT2D eigenvalue weighted by atomic mass is 19.3. The van der Waals surface area contributed by atoms with E-state index in [0.717, 1.165) is 5.56 Å². The summed E-state index contributed by atoms with van der Waals surface area (Å²) in [6.45, 7) is -2.77. The molecule has 1 unspecified atom stereocenters. The van der Waals surface area contributed by atoms with Gasteiger partial charge in [-0.2, -0.15) is 8.78 Å². The molecule has 2 aromatic carbocycles. The fourth-order valence-corrected chi connectivity index (χ4v) is 2.61. The van der Waals surface area contributed by atoms with Crippen molar-refractivity contribution in [1.29, 1.82) is 0 Å². The normalized spacial score (nSPS) is 12.1. The van der Waals surface area contributed by atoms with Crippen molar-refractivity contribution < 1.29 is 27.4 Å². The topological polar surface area (TPSA) is 50.8 Å². The van der Waals surface area contributed by atoms with E-state index in [-0.39, 0.29) is 35.5 Å². The fourth-order valence-electron chi connectivity index (χ4n) is 2.61. The third-order valence-corrected chi connectivity index (χ3v) is 3.95. The summed E-state index contributed by atoms with van der Waals surface area (Å²) in [5.74, 6) is -0.905. The highest BCUT2D eigenvalue weighted by molar-refractivity contribution is 5.94. The second-order valence-corrected chi connectivity index (χ2v) is 5.99. The van der Waals surface area contributed by atoms with Gasteiger partial charge in [-0.3, -0.25) is 4.79 Å². The van der Waals surface area contributed by atoms with Crippen LogP contribution in [0.3, 0.4) is 0 Å². The molecule has 1 atom stereocenters. The molecule has 0 spiro atoms. The number of hydrogen-bond acceptors (Lipinski definition) is 4. The largest absolute Gasteiger partial charge is 0.493 e. The van der Waals surface area contributed by atoms with Gasteiger partial charge in [0, 0.05) is 12.1 Å². The number of methoxy groups -OCH3 is 1. The fraction of sp³-hybridized carbons (Fsp3) is 0.316. The maximum absolute atomic E-state index is 13.5. The summed E-state index contributed by atoms with van der Waals surface area (Å²) in [5, 5.41) is 2.76. The number of nitrogens with one attached hydrogen (secondary N) is 1. The summed E-state index contributed by atoms with van der Waals surface area (Å²) in [4.78, 5) is 14.3. The Morgan fingerprint density at radius 2 is 1.89 bits per heavy atom. The van der Waals surface area contributed by atoms with Gasteiger partial charge in [0.25, 0.3) is 5.91 Å². The van der Waals surface area contributed by atoms with Crippen LogP contribution in [0.25, 0.3) is 0 Å².